The van der Waals surface area contributed by atoms with Gasteiger partial charge in [-0.2, -0.15) is 0 Å². The molecule has 0 aliphatic carbocycles. The summed E-state index contributed by atoms with van der Waals surface area (Å²) in [6, 6.07) is -0.149. The first-order valence-corrected chi connectivity index (χ1v) is 7.96. The van der Waals surface area contributed by atoms with Crippen molar-refractivity contribution in [3.8, 4) is 0 Å². The van der Waals surface area contributed by atoms with Crippen LogP contribution in [0.3, 0.4) is 0 Å². The number of amides is 1. The van der Waals surface area contributed by atoms with Gasteiger partial charge in [0.1, 0.15) is 0 Å². The second-order valence-corrected chi connectivity index (χ2v) is 7.04. The average molecular weight is 262 g/mol. The lowest BCUT2D eigenvalue weighted by atomic mass is 9.99. The van der Waals surface area contributed by atoms with Crippen LogP contribution in [0.25, 0.3) is 0 Å². The molecule has 1 N–H and O–H groups in total. The quantitative estimate of drug-likeness (QED) is 0.744. The van der Waals surface area contributed by atoms with Crippen LogP contribution < -0.4 is 5.32 Å². The van der Waals surface area contributed by atoms with Crippen molar-refractivity contribution in [2.24, 2.45) is 5.92 Å². The van der Waals surface area contributed by atoms with E-state index in [-0.39, 0.29) is 29.4 Å². The predicted octanol–water partition coefficient (Wildman–Crippen LogP) is 0.225. The van der Waals surface area contributed by atoms with Gasteiger partial charge in [0, 0.05) is 12.3 Å². The van der Waals surface area contributed by atoms with Crippen LogP contribution in [-0.4, -0.2) is 50.0 Å². The molecular weight excluding hydrogens is 240 g/mol. The second kappa shape index (κ2) is 5.82. The molecule has 1 amide bonds. The number of hydrogen-bond acceptors (Lipinski definition) is 4. The van der Waals surface area contributed by atoms with E-state index >= 15 is 0 Å². The third kappa shape index (κ3) is 3.67. The van der Waals surface area contributed by atoms with Crippen molar-refractivity contribution in [1.29, 1.82) is 0 Å². The fourth-order valence-electron chi connectivity index (χ4n) is 1.83. The highest BCUT2D eigenvalue weighted by Crippen LogP contribution is 2.15. The Bertz CT molecular complexity index is 367. The maximum atomic E-state index is 12.0. The molecule has 1 heterocycles. The largest absolute Gasteiger partial charge is 0.328 e. The molecule has 5 nitrogen and oxygen atoms in total. The fraction of sp³-hybridized carbons (Fsp3) is 0.909. The van der Waals surface area contributed by atoms with Gasteiger partial charge in [-0.15, -0.1) is 0 Å². The monoisotopic (exact) mass is 262 g/mol. The van der Waals surface area contributed by atoms with Crippen molar-refractivity contribution in [2.75, 3.05) is 24.7 Å². The summed E-state index contributed by atoms with van der Waals surface area (Å²) in [5.41, 5.74) is 0. The molecule has 2 unspecified atom stereocenters. The van der Waals surface area contributed by atoms with E-state index in [4.69, 9.17) is 0 Å². The van der Waals surface area contributed by atoms with Crippen LogP contribution >= 0.6 is 0 Å². The minimum absolute atomic E-state index is 0.0330. The van der Waals surface area contributed by atoms with Gasteiger partial charge in [0.25, 0.3) is 0 Å². The number of nitrogens with one attached hydrogen (secondary N) is 1. The number of hydrogen-bond donors (Lipinski definition) is 1. The van der Waals surface area contributed by atoms with E-state index in [1.165, 1.54) is 0 Å². The first kappa shape index (κ1) is 14.4. The number of carbonyl (C=O) groups is 1. The molecule has 0 radical (unpaired) electrons. The molecule has 2 atom stereocenters. The molecule has 1 rings (SSSR count). The van der Waals surface area contributed by atoms with Crippen LogP contribution in [0, 0.1) is 5.92 Å². The lowest BCUT2D eigenvalue weighted by Crippen LogP contribution is -2.37. The van der Waals surface area contributed by atoms with Crippen molar-refractivity contribution in [2.45, 2.75) is 33.2 Å². The van der Waals surface area contributed by atoms with Gasteiger partial charge in [0.05, 0.1) is 18.5 Å². The van der Waals surface area contributed by atoms with E-state index in [0.29, 0.717) is 13.2 Å². The normalized spacial score (nSPS) is 23.1. The summed E-state index contributed by atoms with van der Waals surface area (Å²) in [6.07, 6.45) is 0.935. The maximum absolute atomic E-state index is 12.0. The first-order valence-electron chi connectivity index (χ1n) is 6.13. The molecule has 0 bridgehead atoms. The highest BCUT2D eigenvalue weighted by Gasteiger charge is 2.34. The molecule has 0 aromatic carbocycles. The van der Waals surface area contributed by atoms with Gasteiger partial charge in [-0.3, -0.25) is 10.1 Å². The number of nitrogens with zero attached hydrogens (tertiary/aromatic N) is 1. The Morgan fingerprint density at radius 1 is 1.47 bits per heavy atom. The van der Waals surface area contributed by atoms with Crippen LogP contribution in [-0.2, 0) is 14.6 Å². The molecule has 6 heteroatoms. The smallest absolute Gasteiger partial charge is 0.241 e. The molecule has 1 aliphatic rings. The standard InChI is InChI=1S/C11H22N2O3S/c1-4-9(3)10-11(14)13(8-12-10)6-7-17(15,16)5-2/h9-10,12H,4-8H2,1-3H3. The Morgan fingerprint density at radius 2 is 2.12 bits per heavy atom. The molecule has 1 saturated heterocycles. The van der Waals surface area contributed by atoms with Crippen LogP contribution in [0.4, 0.5) is 0 Å². The Balaban J connectivity index is 2.51. The Kier molecular flexibility index (Phi) is 4.94. The highest BCUT2D eigenvalue weighted by molar-refractivity contribution is 7.91. The highest BCUT2D eigenvalue weighted by atomic mass is 32.2. The predicted molar refractivity (Wildman–Crippen MR) is 67.3 cm³/mol. The van der Waals surface area contributed by atoms with E-state index in [0.717, 1.165) is 6.42 Å². The van der Waals surface area contributed by atoms with E-state index in [9.17, 15) is 13.2 Å². The van der Waals surface area contributed by atoms with Crippen LogP contribution in [0.2, 0.25) is 0 Å². The lowest BCUT2D eigenvalue weighted by molar-refractivity contribution is -0.129. The zero-order chi connectivity index (χ0) is 13.1. The van der Waals surface area contributed by atoms with Gasteiger partial charge in [-0.25, -0.2) is 8.42 Å². The summed E-state index contributed by atoms with van der Waals surface area (Å²) in [6.45, 7) is 6.47. The van der Waals surface area contributed by atoms with E-state index in [1.54, 1.807) is 11.8 Å². The van der Waals surface area contributed by atoms with Crippen molar-refractivity contribution < 1.29 is 13.2 Å². The minimum Gasteiger partial charge on any atom is -0.328 e. The Hall–Kier alpha value is -0.620. The zero-order valence-electron chi connectivity index (χ0n) is 10.8. The topological polar surface area (TPSA) is 66.5 Å². The first-order chi connectivity index (χ1) is 7.91. The summed E-state index contributed by atoms with van der Waals surface area (Å²) in [5, 5.41) is 3.14. The minimum atomic E-state index is -3.00. The van der Waals surface area contributed by atoms with Crippen molar-refractivity contribution >= 4 is 15.7 Å². The van der Waals surface area contributed by atoms with Crippen molar-refractivity contribution in [3.63, 3.8) is 0 Å². The molecule has 0 aromatic heterocycles. The molecule has 0 saturated carbocycles. The van der Waals surface area contributed by atoms with Gasteiger partial charge in [-0.05, 0) is 5.92 Å². The van der Waals surface area contributed by atoms with Gasteiger partial charge in [-0.1, -0.05) is 27.2 Å². The van der Waals surface area contributed by atoms with E-state index in [2.05, 4.69) is 5.32 Å². The maximum Gasteiger partial charge on any atom is 0.241 e. The van der Waals surface area contributed by atoms with Crippen LogP contribution in [0.1, 0.15) is 27.2 Å². The molecule has 0 spiro atoms. The molecule has 1 fully saturated rings. The fourth-order valence-corrected chi connectivity index (χ4v) is 2.62. The van der Waals surface area contributed by atoms with Gasteiger partial charge >= 0.3 is 0 Å². The zero-order valence-corrected chi connectivity index (χ0v) is 11.6. The van der Waals surface area contributed by atoms with E-state index in [1.807, 2.05) is 13.8 Å². The Morgan fingerprint density at radius 3 is 2.65 bits per heavy atom. The second-order valence-electron chi connectivity index (χ2n) is 4.56. The summed E-state index contributed by atoms with van der Waals surface area (Å²) >= 11 is 0. The molecule has 1 aliphatic heterocycles. The number of rotatable bonds is 6. The summed E-state index contributed by atoms with van der Waals surface area (Å²) in [4.78, 5) is 13.6. The van der Waals surface area contributed by atoms with Crippen LogP contribution in [0.15, 0.2) is 0 Å². The third-order valence-electron chi connectivity index (χ3n) is 3.40. The molecular formula is C11H22N2O3S. The SMILES string of the molecule is CCC(C)C1NCN(CCS(=O)(=O)CC)C1=O. The lowest BCUT2D eigenvalue weighted by Gasteiger charge is -2.17. The molecule has 17 heavy (non-hydrogen) atoms. The summed E-state index contributed by atoms with van der Waals surface area (Å²) in [7, 11) is -3.00. The summed E-state index contributed by atoms with van der Waals surface area (Å²) < 4.78 is 22.8. The third-order valence-corrected chi connectivity index (χ3v) is 5.09. The van der Waals surface area contributed by atoms with Crippen LogP contribution in [0.5, 0.6) is 0 Å². The number of carbonyl (C=O) groups excluding carboxylic acids is 1. The van der Waals surface area contributed by atoms with Crippen molar-refractivity contribution in [3.05, 3.63) is 0 Å². The number of sulfone groups is 1. The van der Waals surface area contributed by atoms with Gasteiger partial charge in [0.2, 0.25) is 5.91 Å². The Labute approximate surface area is 103 Å². The summed E-state index contributed by atoms with van der Waals surface area (Å²) in [5.74, 6) is 0.516. The molecule has 0 aromatic rings. The van der Waals surface area contributed by atoms with Crippen molar-refractivity contribution in [1.82, 2.24) is 10.2 Å². The van der Waals surface area contributed by atoms with Gasteiger partial charge < -0.3 is 4.90 Å². The average Bonchev–Trinajstić information content (AvgIpc) is 2.67. The van der Waals surface area contributed by atoms with Gasteiger partial charge in [0.15, 0.2) is 9.84 Å². The molecule has 100 valence electrons. The van der Waals surface area contributed by atoms with E-state index < -0.39 is 9.84 Å².